The minimum absolute atomic E-state index is 0.575. The maximum atomic E-state index is 13.1. The van der Waals surface area contributed by atoms with Crippen LogP contribution in [0.2, 0.25) is 0 Å². The van der Waals surface area contributed by atoms with Crippen LogP contribution in [0.25, 0.3) is 0 Å². The molecule has 0 amide bonds. The van der Waals surface area contributed by atoms with Gasteiger partial charge in [-0.05, 0) is 61.8 Å². The molecular weight excluding hydrogens is 232 g/mol. The second-order valence-corrected chi connectivity index (χ2v) is 5.66. The maximum absolute atomic E-state index is 13.1. The number of fused-ring (bicyclic) bond motifs is 1. The van der Waals surface area contributed by atoms with Gasteiger partial charge in [0.1, 0.15) is 0 Å². The summed E-state index contributed by atoms with van der Waals surface area (Å²) in [6.07, 6.45) is 5.92. The molecule has 1 heterocycles. The van der Waals surface area contributed by atoms with E-state index in [9.17, 15) is 8.78 Å². The molecule has 2 fully saturated rings. The lowest BCUT2D eigenvalue weighted by Gasteiger charge is -2.18. The lowest BCUT2D eigenvalue weighted by molar-refractivity contribution is 0.393. The quantitative estimate of drug-likeness (QED) is 0.869. The Morgan fingerprint density at radius 3 is 2.89 bits per heavy atom. The molecule has 1 saturated carbocycles. The molecule has 1 saturated heterocycles. The molecule has 0 spiro atoms. The molecular formula is C15H19F2N. The molecule has 1 aromatic rings. The molecule has 1 aromatic carbocycles. The maximum Gasteiger partial charge on any atom is 0.159 e. The van der Waals surface area contributed by atoms with Crippen LogP contribution in [0.3, 0.4) is 0 Å². The Labute approximate surface area is 107 Å². The Hall–Kier alpha value is -0.960. The van der Waals surface area contributed by atoms with Gasteiger partial charge in [0.05, 0.1) is 0 Å². The van der Waals surface area contributed by atoms with Gasteiger partial charge in [-0.3, -0.25) is 0 Å². The fraction of sp³-hybridized carbons (Fsp3) is 0.600. The average molecular weight is 251 g/mol. The van der Waals surface area contributed by atoms with Gasteiger partial charge >= 0.3 is 0 Å². The second-order valence-electron chi connectivity index (χ2n) is 5.66. The summed E-state index contributed by atoms with van der Waals surface area (Å²) in [6.45, 7) is 1.15. The van der Waals surface area contributed by atoms with Gasteiger partial charge in [-0.1, -0.05) is 12.5 Å². The molecule has 18 heavy (non-hydrogen) atoms. The van der Waals surface area contributed by atoms with E-state index in [1.165, 1.54) is 31.4 Å². The van der Waals surface area contributed by atoms with Gasteiger partial charge in [0.2, 0.25) is 0 Å². The van der Waals surface area contributed by atoms with Crippen LogP contribution in [0.4, 0.5) is 8.78 Å². The molecule has 1 aliphatic heterocycles. The molecule has 98 valence electrons. The predicted octanol–water partition coefficient (Wildman–Crippen LogP) is 3.29. The highest BCUT2D eigenvalue weighted by molar-refractivity contribution is 5.18. The zero-order chi connectivity index (χ0) is 12.5. The monoisotopic (exact) mass is 251 g/mol. The molecule has 0 bridgehead atoms. The third-order valence-corrected chi connectivity index (χ3v) is 4.60. The molecule has 3 rings (SSSR count). The fourth-order valence-corrected chi connectivity index (χ4v) is 3.64. The van der Waals surface area contributed by atoms with Crippen molar-refractivity contribution < 1.29 is 8.78 Å². The average Bonchev–Trinajstić information content (AvgIpc) is 2.94. The van der Waals surface area contributed by atoms with Crippen LogP contribution in [-0.4, -0.2) is 12.6 Å². The van der Waals surface area contributed by atoms with Crippen molar-refractivity contribution in [1.29, 1.82) is 0 Å². The van der Waals surface area contributed by atoms with Gasteiger partial charge < -0.3 is 5.32 Å². The van der Waals surface area contributed by atoms with Gasteiger partial charge in [0.25, 0.3) is 0 Å². The Bertz CT molecular complexity index is 433. The van der Waals surface area contributed by atoms with Gasteiger partial charge in [0, 0.05) is 6.04 Å². The topological polar surface area (TPSA) is 12.0 Å². The summed E-state index contributed by atoms with van der Waals surface area (Å²) in [4.78, 5) is 0. The van der Waals surface area contributed by atoms with Crippen molar-refractivity contribution in [2.75, 3.05) is 6.54 Å². The third kappa shape index (κ3) is 2.28. The van der Waals surface area contributed by atoms with E-state index in [1.54, 1.807) is 6.07 Å². The number of benzene rings is 1. The fourth-order valence-electron chi connectivity index (χ4n) is 3.64. The van der Waals surface area contributed by atoms with Crippen LogP contribution < -0.4 is 5.32 Å². The minimum atomic E-state index is -0.756. The molecule has 3 heteroatoms. The molecule has 1 N–H and O–H groups in total. The van der Waals surface area contributed by atoms with Crippen molar-refractivity contribution in [3.63, 3.8) is 0 Å². The Kier molecular flexibility index (Phi) is 3.33. The summed E-state index contributed by atoms with van der Waals surface area (Å²) in [5.74, 6) is 0.189. The summed E-state index contributed by atoms with van der Waals surface area (Å²) >= 11 is 0. The number of aryl methyl sites for hydroxylation is 1. The Balaban J connectivity index is 1.59. The number of nitrogens with one attached hydrogen (secondary N) is 1. The summed E-state index contributed by atoms with van der Waals surface area (Å²) in [6, 6.07) is 4.83. The standard InChI is InChI=1S/C15H19F2N/c16-13-6-4-10(8-14(13)17)5-7-15-12-3-1-2-11(12)9-18-15/h4,6,8,11-12,15,18H,1-3,5,7,9H2. The van der Waals surface area contributed by atoms with E-state index in [4.69, 9.17) is 0 Å². The molecule has 1 nitrogen and oxygen atoms in total. The third-order valence-electron chi connectivity index (χ3n) is 4.60. The normalized spacial score (nSPS) is 30.7. The SMILES string of the molecule is Fc1ccc(CCC2NCC3CCCC32)cc1F. The molecule has 3 atom stereocenters. The molecule has 0 radical (unpaired) electrons. The summed E-state index contributed by atoms with van der Waals surface area (Å²) in [5.41, 5.74) is 0.900. The first-order valence-electron chi connectivity index (χ1n) is 6.91. The lowest BCUT2D eigenvalue weighted by atomic mass is 9.90. The van der Waals surface area contributed by atoms with Crippen molar-refractivity contribution in [2.24, 2.45) is 11.8 Å². The highest BCUT2D eigenvalue weighted by atomic mass is 19.2. The van der Waals surface area contributed by atoms with E-state index < -0.39 is 11.6 Å². The smallest absolute Gasteiger partial charge is 0.159 e. The van der Waals surface area contributed by atoms with Crippen molar-refractivity contribution in [3.05, 3.63) is 35.4 Å². The van der Waals surface area contributed by atoms with Crippen molar-refractivity contribution in [1.82, 2.24) is 5.32 Å². The first kappa shape index (κ1) is 12.1. The van der Waals surface area contributed by atoms with Crippen LogP contribution in [0.15, 0.2) is 18.2 Å². The van der Waals surface area contributed by atoms with E-state index >= 15 is 0 Å². The van der Waals surface area contributed by atoms with Crippen LogP contribution in [-0.2, 0) is 6.42 Å². The minimum Gasteiger partial charge on any atom is -0.313 e. The largest absolute Gasteiger partial charge is 0.313 e. The first-order valence-corrected chi connectivity index (χ1v) is 6.91. The zero-order valence-electron chi connectivity index (χ0n) is 10.5. The molecule has 0 aromatic heterocycles. The van der Waals surface area contributed by atoms with Crippen LogP contribution in [0, 0.1) is 23.5 Å². The van der Waals surface area contributed by atoms with Crippen LogP contribution in [0.5, 0.6) is 0 Å². The van der Waals surface area contributed by atoms with E-state index in [1.807, 2.05) is 0 Å². The first-order chi connectivity index (χ1) is 8.74. The zero-order valence-corrected chi connectivity index (χ0v) is 10.5. The molecule has 1 aliphatic carbocycles. The van der Waals surface area contributed by atoms with E-state index in [-0.39, 0.29) is 0 Å². The highest BCUT2D eigenvalue weighted by Crippen LogP contribution is 2.38. The number of rotatable bonds is 3. The summed E-state index contributed by atoms with van der Waals surface area (Å²) < 4.78 is 25.9. The Morgan fingerprint density at radius 1 is 1.17 bits per heavy atom. The van der Waals surface area contributed by atoms with E-state index in [2.05, 4.69) is 5.32 Å². The second kappa shape index (κ2) is 4.96. The van der Waals surface area contributed by atoms with Crippen molar-refractivity contribution >= 4 is 0 Å². The van der Waals surface area contributed by atoms with E-state index in [0.717, 1.165) is 36.8 Å². The predicted molar refractivity (Wildman–Crippen MR) is 67.3 cm³/mol. The highest BCUT2D eigenvalue weighted by Gasteiger charge is 2.38. The van der Waals surface area contributed by atoms with Crippen molar-refractivity contribution in [2.45, 2.75) is 38.1 Å². The van der Waals surface area contributed by atoms with Gasteiger partial charge in [-0.2, -0.15) is 0 Å². The molecule has 2 aliphatic rings. The summed E-state index contributed by atoms with van der Waals surface area (Å²) in [7, 11) is 0. The number of hydrogen-bond acceptors (Lipinski definition) is 1. The van der Waals surface area contributed by atoms with E-state index in [0.29, 0.717) is 6.04 Å². The van der Waals surface area contributed by atoms with Crippen LogP contribution >= 0.6 is 0 Å². The number of halogens is 2. The van der Waals surface area contributed by atoms with Crippen molar-refractivity contribution in [3.8, 4) is 0 Å². The number of hydrogen-bond donors (Lipinski definition) is 1. The van der Waals surface area contributed by atoms with Gasteiger partial charge in [0.15, 0.2) is 11.6 Å². The molecule has 3 unspecified atom stereocenters. The van der Waals surface area contributed by atoms with Gasteiger partial charge in [-0.15, -0.1) is 0 Å². The van der Waals surface area contributed by atoms with Gasteiger partial charge in [-0.25, -0.2) is 8.78 Å². The summed E-state index contributed by atoms with van der Waals surface area (Å²) in [5, 5.41) is 3.59. The van der Waals surface area contributed by atoms with Crippen LogP contribution in [0.1, 0.15) is 31.2 Å². The Morgan fingerprint density at radius 2 is 2.06 bits per heavy atom. The lowest BCUT2D eigenvalue weighted by Crippen LogP contribution is -2.27.